The zero-order valence-electron chi connectivity index (χ0n) is 11.7. The van der Waals surface area contributed by atoms with E-state index in [0.717, 1.165) is 44.5 Å². The molecule has 0 saturated carbocycles. The van der Waals surface area contributed by atoms with Crippen molar-refractivity contribution in [1.82, 2.24) is 0 Å². The van der Waals surface area contributed by atoms with Crippen molar-refractivity contribution >= 4 is 23.3 Å². The Balaban J connectivity index is 3.03. The van der Waals surface area contributed by atoms with E-state index in [1.54, 1.807) is 18.2 Å². The van der Waals surface area contributed by atoms with Crippen molar-refractivity contribution in [1.29, 1.82) is 0 Å². The minimum absolute atomic E-state index is 0.330. The Labute approximate surface area is 120 Å². The molecule has 0 atom stereocenters. The number of anilines is 1. The Bertz CT molecular complexity index is 413. The number of halogens is 1. The van der Waals surface area contributed by atoms with E-state index < -0.39 is 5.97 Å². The number of benzene rings is 1. The second-order valence-corrected chi connectivity index (χ2v) is 5.10. The lowest BCUT2D eigenvalue weighted by Gasteiger charge is -2.26. The Morgan fingerprint density at radius 2 is 1.79 bits per heavy atom. The molecule has 0 spiro atoms. The normalized spacial score (nSPS) is 10.5. The Hall–Kier alpha value is -1.22. The number of aromatic carboxylic acids is 1. The van der Waals surface area contributed by atoms with Gasteiger partial charge in [0.1, 0.15) is 0 Å². The monoisotopic (exact) mass is 283 g/mol. The number of nitrogens with zero attached hydrogens (tertiary/aromatic N) is 1. The number of hydrogen-bond donors (Lipinski definition) is 1. The van der Waals surface area contributed by atoms with E-state index in [2.05, 4.69) is 18.7 Å². The molecule has 4 heteroatoms. The standard InChI is InChI=1S/C15H22ClNO2/c1-3-5-9-17(10-6-4-2)14-11-12(16)7-8-13(14)15(18)19/h7-8,11H,3-6,9-10H2,1-2H3,(H,18,19). The van der Waals surface area contributed by atoms with Gasteiger partial charge in [0.15, 0.2) is 0 Å². The van der Waals surface area contributed by atoms with Gasteiger partial charge in [-0.15, -0.1) is 0 Å². The second kappa shape index (κ2) is 8.05. The Morgan fingerprint density at radius 3 is 2.26 bits per heavy atom. The molecule has 0 heterocycles. The summed E-state index contributed by atoms with van der Waals surface area (Å²) in [5.74, 6) is -0.898. The summed E-state index contributed by atoms with van der Waals surface area (Å²) in [5.41, 5.74) is 1.07. The second-order valence-electron chi connectivity index (χ2n) is 4.66. The molecule has 0 radical (unpaired) electrons. The van der Waals surface area contributed by atoms with E-state index in [0.29, 0.717) is 10.6 Å². The fourth-order valence-corrected chi connectivity index (χ4v) is 2.16. The zero-order chi connectivity index (χ0) is 14.3. The quantitative estimate of drug-likeness (QED) is 0.766. The highest BCUT2D eigenvalue weighted by Gasteiger charge is 2.16. The maximum absolute atomic E-state index is 11.3. The van der Waals surface area contributed by atoms with Crippen molar-refractivity contribution in [2.45, 2.75) is 39.5 Å². The van der Waals surface area contributed by atoms with Crippen molar-refractivity contribution in [3.8, 4) is 0 Å². The molecule has 1 rings (SSSR count). The van der Waals surface area contributed by atoms with Crippen molar-refractivity contribution in [3.05, 3.63) is 28.8 Å². The van der Waals surface area contributed by atoms with Crippen LogP contribution in [0.2, 0.25) is 5.02 Å². The van der Waals surface area contributed by atoms with Crippen molar-refractivity contribution in [3.63, 3.8) is 0 Å². The third-order valence-corrected chi connectivity index (χ3v) is 3.33. The molecule has 19 heavy (non-hydrogen) atoms. The van der Waals surface area contributed by atoms with E-state index in [4.69, 9.17) is 11.6 Å². The minimum Gasteiger partial charge on any atom is -0.478 e. The Morgan fingerprint density at radius 1 is 1.21 bits per heavy atom. The molecule has 0 amide bonds. The summed E-state index contributed by atoms with van der Waals surface area (Å²) >= 11 is 6.01. The molecular formula is C15H22ClNO2. The first-order valence-electron chi connectivity index (χ1n) is 6.88. The molecule has 0 aliphatic carbocycles. The van der Waals surface area contributed by atoms with Crippen molar-refractivity contribution in [2.75, 3.05) is 18.0 Å². The van der Waals surface area contributed by atoms with E-state index in [-0.39, 0.29) is 0 Å². The molecule has 1 aromatic rings. The van der Waals surface area contributed by atoms with Crippen LogP contribution in [0.3, 0.4) is 0 Å². The van der Waals surface area contributed by atoms with Gasteiger partial charge in [-0.1, -0.05) is 38.3 Å². The third kappa shape index (κ3) is 4.75. The maximum Gasteiger partial charge on any atom is 0.337 e. The topological polar surface area (TPSA) is 40.5 Å². The van der Waals surface area contributed by atoms with Gasteiger partial charge >= 0.3 is 5.97 Å². The highest BCUT2D eigenvalue weighted by molar-refractivity contribution is 6.31. The molecule has 0 saturated heterocycles. The van der Waals surface area contributed by atoms with Gasteiger partial charge in [0.25, 0.3) is 0 Å². The van der Waals surface area contributed by atoms with Crippen LogP contribution in [0.15, 0.2) is 18.2 Å². The maximum atomic E-state index is 11.3. The molecule has 0 aliphatic heterocycles. The van der Waals surface area contributed by atoms with Crippen LogP contribution in [-0.2, 0) is 0 Å². The predicted octanol–water partition coefficient (Wildman–Crippen LogP) is 4.44. The number of rotatable bonds is 8. The van der Waals surface area contributed by atoms with Crippen molar-refractivity contribution in [2.24, 2.45) is 0 Å². The molecule has 3 nitrogen and oxygen atoms in total. The lowest BCUT2D eigenvalue weighted by Crippen LogP contribution is -2.27. The number of hydrogen-bond acceptors (Lipinski definition) is 2. The average molecular weight is 284 g/mol. The van der Waals surface area contributed by atoms with Crippen LogP contribution in [0.25, 0.3) is 0 Å². The van der Waals surface area contributed by atoms with Gasteiger partial charge in [-0.25, -0.2) is 4.79 Å². The molecular weight excluding hydrogens is 262 g/mol. The van der Waals surface area contributed by atoms with Gasteiger partial charge in [0.05, 0.1) is 11.3 Å². The molecule has 0 unspecified atom stereocenters. The lowest BCUT2D eigenvalue weighted by molar-refractivity contribution is 0.0697. The largest absolute Gasteiger partial charge is 0.478 e. The van der Waals surface area contributed by atoms with Crippen LogP contribution >= 0.6 is 11.6 Å². The molecule has 0 aromatic heterocycles. The van der Waals surface area contributed by atoms with Crippen LogP contribution in [0, 0.1) is 0 Å². The molecule has 1 aromatic carbocycles. The van der Waals surface area contributed by atoms with E-state index >= 15 is 0 Å². The molecule has 0 aliphatic rings. The molecule has 106 valence electrons. The van der Waals surface area contributed by atoms with Crippen LogP contribution in [0.1, 0.15) is 49.9 Å². The summed E-state index contributed by atoms with van der Waals surface area (Å²) < 4.78 is 0. The highest BCUT2D eigenvalue weighted by Crippen LogP contribution is 2.26. The first-order chi connectivity index (χ1) is 9.10. The van der Waals surface area contributed by atoms with Gasteiger partial charge in [-0.2, -0.15) is 0 Å². The Kier molecular flexibility index (Phi) is 6.71. The van der Waals surface area contributed by atoms with E-state index in [9.17, 15) is 9.90 Å². The van der Waals surface area contributed by atoms with Crippen LogP contribution in [0.5, 0.6) is 0 Å². The summed E-state index contributed by atoms with van der Waals surface area (Å²) in [5, 5.41) is 9.87. The minimum atomic E-state index is -0.898. The molecule has 1 N–H and O–H groups in total. The highest BCUT2D eigenvalue weighted by atomic mass is 35.5. The summed E-state index contributed by atoms with van der Waals surface area (Å²) in [6.45, 7) is 6.01. The summed E-state index contributed by atoms with van der Waals surface area (Å²) in [6, 6.07) is 4.98. The third-order valence-electron chi connectivity index (χ3n) is 3.09. The van der Waals surface area contributed by atoms with Crippen LogP contribution in [-0.4, -0.2) is 24.2 Å². The summed E-state index contributed by atoms with van der Waals surface area (Å²) in [6.07, 6.45) is 4.28. The average Bonchev–Trinajstić information content (AvgIpc) is 2.38. The van der Waals surface area contributed by atoms with Crippen molar-refractivity contribution < 1.29 is 9.90 Å². The molecule has 0 fully saturated rings. The fraction of sp³-hybridized carbons (Fsp3) is 0.533. The first kappa shape index (κ1) is 15.8. The van der Waals surface area contributed by atoms with Gasteiger partial charge in [-0.05, 0) is 31.0 Å². The van der Waals surface area contributed by atoms with Gasteiger partial charge in [-0.3, -0.25) is 0 Å². The van der Waals surface area contributed by atoms with Gasteiger partial charge in [0, 0.05) is 18.1 Å². The SMILES string of the molecule is CCCCN(CCCC)c1cc(Cl)ccc1C(=O)O. The fourth-order valence-electron chi connectivity index (χ4n) is 2.00. The number of unbranched alkanes of at least 4 members (excludes halogenated alkanes) is 2. The van der Waals surface area contributed by atoms with E-state index in [1.165, 1.54) is 0 Å². The van der Waals surface area contributed by atoms with Crippen LogP contribution in [0.4, 0.5) is 5.69 Å². The zero-order valence-corrected chi connectivity index (χ0v) is 12.4. The number of carbonyl (C=O) groups is 1. The van der Waals surface area contributed by atoms with Gasteiger partial charge in [0.2, 0.25) is 0 Å². The number of carboxylic acids is 1. The summed E-state index contributed by atoms with van der Waals surface area (Å²) in [4.78, 5) is 13.5. The molecule has 0 bridgehead atoms. The van der Waals surface area contributed by atoms with E-state index in [1.807, 2.05) is 0 Å². The smallest absolute Gasteiger partial charge is 0.337 e. The van der Waals surface area contributed by atoms with Gasteiger partial charge < -0.3 is 10.0 Å². The predicted molar refractivity (Wildman–Crippen MR) is 80.4 cm³/mol. The lowest BCUT2D eigenvalue weighted by atomic mass is 10.1. The number of carboxylic acid groups (broad SMARTS) is 1. The summed E-state index contributed by atoms with van der Waals surface area (Å²) in [7, 11) is 0. The van der Waals surface area contributed by atoms with Crippen LogP contribution < -0.4 is 4.90 Å². The first-order valence-corrected chi connectivity index (χ1v) is 7.25.